The van der Waals surface area contributed by atoms with Crippen molar-refractivity contribution in [3.05, 3.63) is 82.9 Å². The maximum Gasteiger partial charge on any atom is 0.279 e. The van der Waals surface area contributed by atoms with Crippen molar-refractivity contribution in [1.82, 2.24) is 9.55 Å². The highest BCUT2D eigenvalue weighted by molar-refractivity contribution is 5.74. The zero-order valence-corrected chi connectivity index (χ0v) is 17.1. The van der Waals surface area contributed by atoms with Crippen LogP contribution in [0.1, 0.15) is 5.56 Å². The largest absolute Gasteiger partial charge is 0.493 e. The van der Waals surface area contributed by atoms with Crippen LogP contribution in [-0.4, -0.2) is 30.9 Å². The van der Waals surface area contributed by atoms with Gasteiger partial charge in [-0.15, -0.1) is 0 Å². The van der Waals surface area contributed by atoms with Gasteiger partial charge in [0.1, 0.15) is 0 Å². The molecule has 0 bridgehead atoms. The maximum atomic E-state index is 12.8. The molecule has 2 aliphatic heterocycles. The van der Waals surface area contributed by atoms with Gasteiger partial charge in [0.2, 0.25) is 5.75 Å². The molecule has 0 fully saturated rings. The van der Waals surface area contributed by atoms with E-state index in [1.807, 2.05) is 47.3 Å². The molecule has 0 aromatic heterocycles. The summed E-state index contributed by atoms with van der Waals surface area (Å²) in [6.45, 7) is 0.685. The predicted molar refractivity (Wildman–Crippen MR) is 116 cm³/mol. The minimum absolute atomic E-state index is 0.279. The third-order valence-corrected chi connectivity index (χ3v) is 4.96. The standard InChI is InChI=1S/C24H22N2O4/c1-28-21-12-18(13-22(29-2)23(21)30-3)20-11-17-9-10-26(15-19(17)24(27)25-20)14-16-7-5-4-6-8-16/h4-13,15H,14H2,1-3H3. The molecule has 2 aliphatic rings. The molecule has 2 heterocycles. The predicted octanol–water partition coefficient (Wildman–Crippen LogP) is 4.09. The summed E-state index contributed by atoms with van der Waals surface area (Å²) in [6, 6.07) is 17.5. The van der Waals surface area contributed by atoms with Gasteiger partial charge >= 0.3 is 0 Å². The number of fused-ring (bicyclic) bond motifs is 1. The van der Waals surface area contributed by atoms with Crippen molar-refractivity contribution < 1.29 is 14.2 Å². The van der Waals surface area contributed by atoms with Gasteiger partial charge in [-0.2, -0.15) is 0 Å². The quantitative estimate of drug-likeness (QED) is 0.486. The number of nitrogens with zero attached hydrogens (tertiary/aromatic N) is 2. The first-order valence-electron chi connectivity index (χ1n) is 9.48. The van der Waals surface area contributed by atoms with Crippen LogP contribution in [0.2, 0.25) is 0 Å². The van der Waals surface area contributed by atoms with Gasteiger partial charge < -0.3 is 18.8 Å². The highest BCUT2D eigenvalue weighted by Gasteiger charge is 2.17. The molecule has 4 rings (SSSR count). The molecule has 2 aromatic rings. The van der Waals surface area contributed by atoms with Gasteiger partial charge in [0.05, 0.1) is 32.6 Å². The smallest absolute Gasteiger partial charge is 0.279 e. The average Bonchev–Trinajstić information content (AvgIpc) is 2.79. The van der Waals surface area contributed by atoms with Crippen molar-refractivity contribution in [3.63, 3.8) is 0 Å². The van der Waals surface area contributed by atoms with Crippen LogP contribution < -0.4 is 19.8 Å². The SMILES string of the molecule is COc1cc(-c2cc3ccn(Cc4ccccc4)cc-3c(=O)n2)cc(OC)c1OC. The zero-order valence-electron chi connectivity index (χ0n) is 17.1. The van der Waals surface area contributed by atoms with E-state index in [1.165, 1.54) is 0 Å². The summed E-state index contributed by atoms with van der Waals surface area (Å²) in [7, 11) is 4.66. The minimum Gasteiger partial charge on any atom is -0.493 e. The Hall–Kier alpha value is -3.80. The molecule has 0 radical (unpaired) electrons. The Bertz CT molecular complexity index is 1180. The van der Waals surface area contributed by atoms with E-state index in [4.69, 9.17) is 14.2 Å². The van der Waals surface area contributed by atoms with Crippen molar-refractivity contribution >= 4 is 0 Å². The molecule has 6 heteroatoms. The van der Waals surface area contributed by atoms with E-state index in [9.17, 15) is 4.79 Å². The van der Waals surface area contributed by atoms with Crippen LogP contribution in [0.4, 0.5) is 0 Å². The number of hydrogen-bond acceptors (Lipinski definition) is 5. The number of rotatable bonds is 6. The lowest BCUT2D eigenvalue weighted by atomic mass is 10.0. The summed E-state index contributed by atoms with van der Waals surface area (Å²) in [6.07, 6.45) is 3.81. The zero-order chi connectivity index (χ0) is 21.1. The Morgan fingerprint density at radius 1 is 0.867 bits per heavy atom. The molecule has 0 aliphatic carbocycles. The van der Waals surface area contributed by atoms with Crippen LogP contribution in [0, 0.1) is 0 Å². The number of ether oxygens (including phenoxy) is 3. The van der Waals surface area contributed by atoms with Gasteiger partial charge in [-0.05, 0) is 35.4 Å². The summed E-state index contributed by atoms with van der Waals surface area (Å²) in [5.74, 6) is 1.51. The second kappa shape index (κ2) is 8.29. The average molecular weight is 402 g/mol. The van der Waals surface area contributed by atoms with Crippen LogP contribution in [0.3, 0.4) is 0 Å². The van der Waals surface area contributed by atoms with Gasteiger partial charge in [0.15, 0.2) is 11.5 Å². The van der Waals surface area contributed by atoms with Crippen LogP contribution in [0.5, 0.6) is 17.2 Å². The summed E-state index contributed by atoms with van der Waals surface area (Å²) in [4.78, 5) is 17.1. The molecule has 152 valence electrons. The Morgan fingerprint density at radius 2 is 1.57 bits per heavy atom. The number of methoxy groups -OCH3 is 3. The van der Waals surface area contributed by atoms with Crippen molar-refractivity contribution in [2.24, 2.45) is 0 Å². The maximum absolute atomic E-state index is 12.8. The summed E-state index contributed by atoms with van der Waals surface area (Å²) >= 11 is 0. The van der Waals surface area contributed by atoms with Gasteiger partial charge in [0, 0.05) is 24.5 Å². The normalized spacial score (nSPS) is 10.8. The van der Waals surface area contributed by atoms with Gasteiger partial charge in [0.25, 0.3) is 5.56 Å². The first-order chi connectivity index (χ1) is 14.6. The van der Waals surface area contributed by atoms with E-state index in [2.05, 4.69) is 17.1 Å². The lowest BCUT2D eigenvalue weighted by Crippen LogP contribution is -2.13. The third-order valence-electron chi connectivity index (χ3n) is 4.96. The molecule has 0 unspecified atom stereocenters. The molecular weight excluding hydrogens is 380 g/mol. The van der Waals surface area contributed by atoms with Gasteiger partial charge in [-0.25, -0.2) is 4.98 Å². The number of aromatic nitrogens is 2. The number of hydrogen-bond donors (Lipinski definition) is 0. The molecule has 0 N–H and O–H groups in total. The lowest BCUT2D eigenvalue weighted by Gasteiger charge is -2.15. The first kappa shape index (κ1) is 19.5. The van der Waals surface area contributed by atoms with Crippen molar-refractivity contribution in [2.45, 2.75) is 6.54 Å². The highest BCUT2D eigenvalue weighted by atomic mass is 16.5. The Labute approximate surface area is 174 Å². The fourth-order valence-corrected chi connectivity index (χ4v) is 3.47. The van der Waals surface area contributed by atoms with E-state index in [0.29, 0.717) is 40.6 Å². The fraction of sp³-hybridized carbons (Fsp3) is 0.167. The second-order valence-electron chi connectivity index (χ2n) is 6.83. The number of benzene rings is 2. The lowest BCUT2D eigenvalue weighted by molar-refractivity contribution is 0.324. The number of pyridine rings is 2. The summed E-state index contributed by atoms with van der Waals surface area (Å²) < 4.78 is 18.2. The molecule has 0 atom stereocenters. The van der Waals surface area contributed by atoms with Gasteiger partial charge in [-0.1, -0.05) is 30.3 Å². The fourth-order valence-electron chi connectivity index (χ4n) is 3.47. The Kier molecular flexibility index (Phi) is 5.39. The van der Waals surface area contributed by atoms with Crippen LogP contribution in [0.15, 0.2) is 71.8 Å². The molecular formula is C24H22N2O4. The summed E-state index contributed by atoms with van der Waals surface area (Å²) in [5.41, 5.74) is 3.54. The van der Waals surface area contributed by atoms with Crippen molar-refractivity contribution in [3.8, 4) is 39.6 Å². The molecule has 30 heavy (non-hydrogen) atoms. The van der Waals surface area contributed by atoms with E-state index in [1.54, 1.807) is 33.5 Å². The van der Waals surface area contributed by atoms with Crippen molar-refractivity contribution in [2.75, 3.05) is 21.3 Å². The molecule has 6 nitrogen and oxygen atoms in total. The highest BCUT2D eigenvalue weighted by Crippen LogP contribution is 2.41. The van der Waals surface area contributed by atoms with E-state index < -0.39 is 0 Å². The minimum atomic E-state index is -0.279. The van der Waals surface area contributed by atoms with Crippen LogP contribution in [0.25, 0.3) is 22.4 Å². The summed E-state index contributed by atoms with van der Waals surface area (Å²) in [5, 5.41) is 0. The molecule has 0 saturated carbocycles. The molecule has 0 amide bonds. The van der Waals surface area contributed by atoms with Gasteiger partial charge in [-0.3, -0.25) is 4.79 Å². The third kappa shape index (κ3) is 3.72. The van der Waals surface area contributed by atoms with E-state index in [0.717, 1.165) is 11.1 Å². The first-order valence-corrected chi connectivity index (χ1v) is 9.48. The Morgan fingerprint density at radius 3 is 2.20 bits per heavy atom. The monoisotopic (exact) mass is 402 g/mol. The second-order valence-corrected chi connectivity index (χ2v) is 6.83. The van der Waals surface area contributed by atoms with Crippen LogP contribution >= 0.6 is 0 Å². The molecule has 0 spiro atoms. The molecule has 2 aromatic carbocycles. The van der Waals surface area contributed by atoms with E-state index >= 15 is 0 Å². The topological polar surface area (TPSA) is 62.6 Å². The molecule has 0 saturated heterocycles. The van der Waals surface area contributed by atoms with Crippen LogP contribution in [-0.2, 0) is 6.54 Å². The van der Waals surface area contributed by atoms with Crippen molar-refractivity contribution in [1.29, 1.82) is 0 Å². The van der Waals surface area contributed by atoms with E-state index in [-0.39, 0.29) is 5.56 Å². The Balaban J connectivity index is 1.76.